The molecule has 2 aromatic carbocycles. The highest BCUT2D eigenvalue weighted by atomic mass is 16.6. The predicted molar refractivity (Wildman–Crippen MR) is 87.4 cm³/mol. The Kier molecular flexibility index (Phi) is 5.21. The Morgan fingerprint density at radius 1 is 1.09 bits per heavy atom. The van der Waals surface area contributed by atoms with Crippen molar-refractivity contribution in [2.75, 3.05) is 0 Å². The van der Waals surface area contributed by atoms with E-state index in [1.54, 1.807) is 0 Å². The number of esters is 1. The van der Waals surface area contributed by atoms with E-state index in [2.05, 4.69) is 13.8 Å². The van der Waals surface area contributed by atoms with Gasteiger partial charge < -0.3 is 9.47 Å². The summed E-state index contributed by atoms with van der Waals surface area (Å²) in [5.74, 6) is 1.15. The van der Waals surface area contributed by atoms with Crippen LogP contribution in [0.4, 0.5) is 0 Å². The molecule has 0 atom stereocenters. The molecule has 0 saturated heterocycles. The van der Waals surface area contributed by atoms with Crippen LogP contribution in [0.25, 0.3) is 0 Å². The molecule has 0 amide bonds. The van der Waals surface area contributed by atoms with Crippen LogP contribution in [0.15, 0.2) is 42.5 Å². The van der Waals surface area contributed by atoms with Crippen LogP contribution in [0, 0.1) is 6.92 Å². The molecule has 0 bridgehead atoms. The van der Waals surface area contributed by atoms with Crippen LogP contribution in [0.1, 0.15) is 43.4 Å². The maximum atomic E-state index is 11.3. The molecule has 3 heteroatoms. The summed E-state index contributed by atoms with van der Waals surface area (Å²) in [5.41, 5.74) is 3.29. The van der Waals surface area contributed by atoms with Crippen LogP contribution in [0.2, 0.25) is 0 Å². The first kappa shape index (κ1) is 16.1. The Bertz CT molecular complexity index is 645. The summed E-state index contributed by atoms with van der Waals surface area (Å²) in [6.45, 7) is 8.11. The van der Waals surface area contributed by atoms with Gasteiger partial charge in [-0.25, -0.2) is 0 Å². The molecule has 3 nitrogen and oxygen atoms in total. The molecule has 0 unspecified atom stereocenters. The summed E-state index contributed by atoms with van der Waals surface area (Å²) in [5, 5.41) is 0. The summed E-state index contributed by atoms with van der Waals surface area (Å²) in [7, 11) is 0. The zero-order chi connectivity index (χ0) is 16.1. The second-order valence-electron chi connectivity index (χ2n) is 5.63. The first-order valence-corrected chi connectivity index (χ1v) is 7.47. The van der Waals surface area contributed by atoms with Crippen LogP contribution < -0.4 is 9.47 Å². The smallest absolute Gasteiger partial charge is 0.308 e. The topological polar surface area (TPSA) is 35.5 Å². The molecule has 0 aliphatic rings. The van der Waals surface area contributed by atoms with Gasteiger partial charge in [0, 0.05) is 6.92 Å². The zero-order valence-corrected chi connectivity index (χ0v) is 13.6. The van der Waals surface area contributed by atoms with Crippen LogP contribution >= 0.6 is 0 Å². The minimum Gasteiger partial charge on any atom is -0.485 e. The van der Waals surface area contributed by atoms with Crippen LogP contribution in [0.5, 0.6) is 11.5 Å². The number of benzene rings is 2. The molecule has 2 aromatic rings. The van der Waals surface area contributed by atoms with Crippen molar-refractivity contribution in [1.29, 1.82) is 0 Å². The first-order valence-electron chi connectivity index (χ1n) is 7.47. The SMILES string of the molecule is CC(=O)Oc1ccc(C(C)C)c(C)c1OCc1ccccc1. The normalized spacial score (nSPS) is 10.6. The van der Waals surface area contributed by atoms with Gasteiger partial charge in [-0.3, -0.25) is 4.79 Å². The van der Waals surface area contributed by atoms with Crippen LogP contribution in [-0.4, -0.2) is 5.97 Å². The average molecular weight is 298 g/mol. The van der Waals surface area contributed by atoms with Crippen molar-refractivity contribution in [3.63, 3.8) is 0 Å². The summed E-state index contributed by atoms with van der Waals surface area (Å²) in [6, 6.07) is 13.7. The lowest BCUT2D eigenvalue weighted by Crippen LogP contribution is -2.07. The Morgan fingerprint density at radius 3 is 2.36 bits per heavy atom. The molecular formula is C19H22O3. The zero-order valence-electron chi connectivity index (χ0n) is 13.6. The largest absolute Gasteiger partial charge is 0.485 e. The quantitative estimate of drug-likeness (QED) is 0.596. The molecule has 0 N–H and O–H groups in total. The molecule has 116 valence electrons. The third-order valence-electron chi connectivity index (χ3n) is 3.51. The van der Waals surface area contributed by atoms with E-state index < -0.39 is 0 Å². The Morgan fingerprint density at radius 2 is 1.77 bits per heavy atom. The van der Waals surface area contributed by atoms with E-state index in [0.29, 0.717) is 24.0 Å². The third-order valence-corrected chi connectivity index (χ3v) is 3.51. The van der Waals surface area contributed by atoms with E-state index in [9.17, 15) is 4.79 Å². The fraction of sp³-hybridized carbons (Fsp3) is 0.316. The number of carbonyl (C=O) groups excluding carboxylic acids is 1. The molecule has 0 aliphatic heterocycles. The van der Waals surface area contributed by atoms with Crippen LogP contribution in [0.3, 0.4) is 0 Å². The molecule has 0 aliphatic carbocycles. The van der Waals surface area contributed by atoms with Gasteiger partial charge in [-0.1, -0.05) is 50.2 Å². The van der Waals surface area contributed by atoms with Crippen molar-refractivity contribution in [2.45, 2.75) is 40.2 Å². The van der Waals surface area contributed by atoms with Gasteiger partial charge in [-0.05, 0) is 35.6 Å². The van der Waals surface area contributed by atoms with Gasteiger partial charge in [0.25, 0.3) is 0 Å². The number of ether oxygens (including phenoxy) is 2. The average Bonchev–Trinajstić information content (AvgIpc) is 2.47. The molecule has 0 radical (unpaired) electrons. The van der Waals surface area contributed by atoms with Gasteiger partial charge in [0.15, 0.2) is 11.5 Å². The van der Waals surface area contributed by atoms with Crippen molar-refractivity contribution in [3.8, 4) is 11.5 Å². The highest BCUT2D eigenvalue weighted by Gasteiger charge is 2.16. The number of rotatable bonds is 5. The van der Waals surface area contributed by atoms with Gasteiger partial charge >= 0.3 is 5.97 Å². The van der Waals surface area contributed by atoms with Crippen molar-refractivity contribution in [3.05, 3.63) is 59.2 Å². The monoisotopic (exact) mass is 298 g/mol. The maximum absolute atomic E-state index is 11.3. The second-order valence-corrected chi connectivity index (χ2v) is 5.63. The van der Waals surface area contributed by atoms with Crippen molar-refractivity contribution >= 4 is 5.97 Å². The number of hydrogen-bond acceptors (Lipinski definition) is 3. The minimum atomic E-state index is -0.346. The highest BCUT2D eigenvalue weighted by Crippen LogP contribution is 2.36. The van der Waals surface area contributed by atoms with E-state index >= 15 is 0 Å². The molecule has 0 aromatic heterocycles. The lowest BCUT2D eigenvalue weighted by atomic mass is 9.97. The van der Waals surface area contributed by atoms with E-state index in [1.807, 2.05) is 49.4 Å². The number of hydrogen-bond donors (Lipinski definition) is 0. The van der Waals surface area contributed by atoms with E-state index in [0.717, 1.165) is 11.1 Å². The Balaban J connectivity index is 2.32. The van der Waals surface area contributed by atoms with Gasteiger partial charge in [0.1, 0.15) is 6.61 Å². The summed E-state index contributed by atoms with van der Waals surface area (Å²) in [6.07, 6.45) is 0. The fourth-order valence-electron chi connectivity index (χ4n) is 2.45. The molecule has 0 saturated carbocycles. The van der Waals surface area contributed by atoms with Gasteiger partial charge in [-0.2, -0.15) is 0 Å². The Labute approximate surface area is 131 Å². The fourth-order valence-corrected chi connectivity index (χ4v) is 2.45. The molecule has 0 heterocycles. The molecule has 0 fully saturated rings. The molecule has 22 heavy (non-hydrogen) atoms. The first-order chi connectivity index (χ1) is 10.5. The molecular weight excluding hydrogens is 276 g/mol. The molecule has 0 spiro atoms. The van der Waals surface area contributed by atoms with Gasteiger partial charge in [0.05, 0.1) is 0 Å². The van der Waals surface area contributed by atoms with Gasteiger partial charge in [0.2, 0.25) is 0 Å². The number of carbonyl (C=O) groups is 1. The standard InChI is InChI=1S/C19H22O3/c1-13(2)17-10-11-18(22-15(4)20)19(14(17)3)21-12-16-8-6-5-7-9-16/h5-11,13H,12H2,1-4H3. The summed E-state index contributed by atoms with van der Waals surface area (Å²) < 4.78 is 11.3. The molecule has 2 rings (SSSR count). The van der Waals surface area contributed by atoms with E-state index in [-0.39, 0.29) is 5.97 Å². The minimum absolute atomic E-state index is 0.346. The van der Waals surface area contributed by atoms with Gasteiger partial charge in [-0.15, -0.1) is 0 Å². The van der Waals surface area contributed by atoms with Crippen molar-refractivity contribution in [1.82, 2.24) is 0 Å². The second kappa shape index (κ2) is 7.12. The lowest BCUT2D eigenvalue weighted by molar-refractivity contribution is -0.132. The van der Waals surface area contributed by atoms with E-state index in [1.165, 1.54) is 12.5 Å². The van der Waals surface area contributed by atoms with Crippen molar-refractivity contribution < 1.29 is 14.3 Å². The highest BCUT2D eigenvalue weighted by molar-refractivity contribution is 5.71. The van der Waals surface area contributed by atoms with Crippen LogP contribution in [-0.2, 0) is 11.4 Å². The lowest BCUT2D eigenvalue weighted by Gasteiger charge is -2.18. The third kappa shape index (κ3) is 3.88. The predicted octanol–water partition coefficient (Wildman–Crippen LogP) is 4.62. The maximum Gasteiger partial charge on any atom is 0.308 e. The summed E-state index contributed by atoms with van der Waals surface area (Å²) in [4.78, 5) is 11.3. The van der Waals surface area contributed by atoms with Crippen molar-refractivity contribution in [2.24, 2.45) is 0 Å². The Hall–Kier alpha value is -2.29. The summed E-state index contributed by atoms with van der Waals surface area (Å²) >= 11 is 0. The van der Waals surface area contributed by atoms with E-state index in [4.69, 9.17) is 9.47 Å².